The van der Waals surface area contributed by atoms with Crippen molar-refractivity contribution >= 4 is 0 Å². The first-order valence-electron chi connectivity index (χ1n) is 9.35. The van der Waals surface area contributed by atoms with Gasteiger partial charge in [-0.1, -0.05) is 30.7 Å². The maximum Gasteiger partial charge on any atom is 0.0306 e. The van der Waals surface area contributed by atoms with Gasteiger partial charge >= 0.3 is 0 Å². The van der Waals surface area contributed by atoms with Crippen molar-refractivity contribution in [1.29, 1.82) is 0 Å². The third-order valence-corrected chi connectivity index (χ3v) is 5.50. The SMILES string of the molecule is c1cncc(C2CNCc3cc(CCN4CCCCC4)ccc32)c1. The molecule has 1 aromatic carbocycles. The Bertz CT molecular complexity index is 662. The first kappa shape index (κ1) is 15.8. The van der Waals surface area contributed by atoms with Crippen LogP contribution in [-0.4, -0.2) is 36.1 Å². The van der Waals surface area contributed by atoms with Crippen LogP contribution in [0.1, 0.15) is 47.4 Å². The Morgan fingerprint density at radius 1 is 1.12 bits per heavy atom. The molecule has 3 nitrogen and oxygen atoms in total. The monoisotopic (exact) mass is 321 g/mol. The Kier molecular flexibility index (Phi) is 4.91. The number of aromatic nitrogens is 1. The molecule has 2 aliphatic rings. The van der Waals surface area contributed by atoms with Gasteiger partial charge in [0.1, 0.15) is 0 Å². The molecule has 0 saturated carbocycles. The predicted molar refractivity (Wildman–Crippen MR) is 98.2 cm³/mol. The van der Waals surface area contributed by atoms with E-state index >= 15 is 0 Å². The zero-order chi connectivity index (χ0) is 16.2. The number of nitrogens with one attached hydrogen (secondary N) is 1. The maximum atomic E-state index is 4.30. The van der Waals surface area contributed by atoms with Crippen molar-refractivity contribution in [1.82, 2.24) is 15.2 Å². The van der Waals surface area contributed by atoms with E-state index in [-0.39, 0.29) is 0 Å². The van der Waals surface area contributed by atoms with Crippen LogP contribution in [0.5, 0.6) is 0 Å². The number of piperidine rings is 1. The lowest BCUT2D eigenvalue weighted by atomic mass is 9.85. The van der Waals surface area contributed by atoms with Crippen molar-refractivity contribution in [2.45, 2.75) is 38.1 Å². The summed E-state index contributed by atoms with van der Waals surface area (Å²) in [7, 11) is 0. The van der Waals surface area contributed by atoms with E-state index in [0.29, 0.717) is 5.92 Å². The van der Waals surface area contributed by atoms with Crippen molar-refractivity contribution in [3.8, 4) is 0 Å². The van der Waals surface area contributed by atoms with Gasteiger partial charge in [-0.2, -0.15) is 0 Å². The second-order valence-corrected chi connectivity index (χ2v) is 7.16. The molecule has 2 aromatic rings. The molecule has 0 aliphatic carbocycles. The van der Waals surface area contributed by atoms with Gasteiger partial charge in [0.25, 0.3) is 0 Å². The number of likely N-dealkylation sites (tertiary alicyclic amines) is 1. The zero-order valence-electron chi connectivity index (χ0n) is 14.4. The molecule has 1 aromatic heterocycles. The van der Waals surface area contributed by atoms with Gasteiger partial charge in [0.15, 0.2) is 0 Å². The fourth-order valence-corrected chi connectivity index (χ4v) is 4.12. The Hall–Kier alpha value is -1.71. The van der Waals surface area contributed by atoms with E-state index in [2.05, 4.69) is 39.5 Å². The Balaban J connectivity index is 1.48. The van der Waals surface area contributed by atoms with Crippen LogP contribution < -0.4 is 5.32 Å². The van der Waals surface area contributed by atoms with Crippen LogP contribution in [0.4, 0.5) is 0 Å². The number of pyridine rings is 1. The molecule has 24 heavy (non-hydrogen) atoms. The van der Waals surface area contributed by atoms with Crippen LogP contribution >= 0.6 is 0 Å². The molecule has 1 saturated heterocycles. The lowest BCUT2D eigenvalue weighted by Gasteiger charge is -2.28. The number of hydrogen-bond donors (Lipinski definition) is 1. The van der Waals surface area contributed by atoms with E-state index < -0.39 is 0 Å². The molecule has 3 heteroatoms. The summed E-state index contributed by atoms with van der Waals surface area (Å²) in [6.07, 6.45) is 9.19. The Labute approximate surface area is 145 Å². The molecule has 0 bridgehead atoms. The minimum absolute atomic E-state index is 0.429. The molecular formula is C21H27N3. The summed E-state index contributed by atoms with van der Waals surface area (Å²) >= 11 is 0. The van der Waals surface area contributed by atoms with Crippen LogP contribution in [0.25, 0.3) is 0 Å². The van der Waals surface area contributed by atoms with Crippen LogP contribution in [-0.2, 0) is 13.0 Å². The molecule has 1 atom stereocenters. The van der Waals surface area contributed by atoms with E-state index in [1.807, 2.05) is 18.5 Å². The molecule has 126 valence electrons. The highest BCUT2D eigenvalue weighted by Gasteiger charge is 2.22. The Morgan fingerprint density at radius 3 is 2.88 bits per heavy atom. The molecule has 1 fully saturated rings. The van der Waals surface area contributed by atoms with Crippen molar-refractivity contribution in [2.75, 3.05) is 26.2 Å². The summed E-state index contributed by atoms with van der Waals surface area (Å²) in [5.41, 5.74) is 5.73. The number of nitrogens with zero attached hydrogens (tertiary/aromatic N) is 2. The highest BCUT2D eigenvalue weighted by Crippen LogP contribution is 2.30. The standard InChI is InChI=1S/C21H27N3/c1-2-10-24(11-3-1)12-8-17-6-7-20-19(13-17)15-23-16-21(20)18-5-4-9-22-14-18/h4-7,9,13-14,21,23H,1-3,8,10-12,15-16H2. The van der Waals surface area contributed by atoms with Crippen molar-refractivity contribution in [3.05, 3.63) is 65.0 Å². The van der Waals surface area contributed by atoms with Gasteiger partial charge in [-0.15, -0.1) is 0 Å². The van der Waals surface area contributed by atoms with Gasteiger partial charge in [0.05, 0.1) is 0 Å². The number of benzene rings is 1. The summed E-state index contributed by atoms with van der Waals surface area (Å²) in [5.74, 6) is 0.429. The summed E-state index contributed by atoms with van der Waals surface area (Å²) in [6.45, 7) is 5.78. The van der Waals surface area contributed by atoms with Crippen LogP contribution in [0.15, 0.2) is 42.7 Å². The van der Waals surface area contributed by atoms with E-state index in [0.717, 1.165) is 13.1 Å². The van der Waals surface area contributed by atoms with Crippen LogP contribution in [0, 0.1) is 0 Å². The van der Waals surface area contributed by atoms with Gasteiger partial charge < -0.3 is 10.2 Å². The summed E-state index contributed by atoms with van der Waals surface area (Å²) in [4.78, 5) is 6.92. The van der Waals surface area contributed by atoms with Crippen molar-refractivity contribution < 1.29 is 0 Å². The molecule has 3 heterocycles. The number of fused-ring (bicyclic) bond motifs is 1. The van der Waals surface area contributed by atoms with E-state index in [4.69, 9.17) is 0 Å². The minimum Gasteiger partial charge on any atom is -0.312 e. The number of hydrogen-bond acceptors (Lipinski definition) is 3. The molecule has 0 amide bonds. The number of rotatable bonds is 4. The van der Waals surface area contributed by atoms with Gasteiger partial charge in [-0.3, -0.25) is 4.98 Å². The highest BCUT2D eigenvalue weighted by atomic mass is 15.1. The minimum atomic E-state index is 0.429. The molecule has 0 spiro atoms. The maximum absolute atomic E-state index is 4.30. The van der Waals surface area contributed by atoms with Gasteiger partial charge in [0, 0.05) is 37.9 Å². The Morgan fingerprint density at radius 2 is 2.04 bits per heavy atom. The van der Waals surface area contributed by atoms with Gasteiger partial charge in [-0.25, -0.2) is 0 Å². The summed E-state index contributed by atoms with van der Waals surface area (Å²) in [6, 6.07) is 11.4. The summed E-state index contributed by atoms with van der Waals surface area (Å²) in [5, 5.41) is 3.58. The lowest BCUT2D eigenvalue weighted by Crippen LogP contribution is -2.31. The normalized spacial score (nSPS) is 21.4. The topological polar surface area (TPSA) is 28.2 Å². The molecule has 2 aliphatic heterocycles. The van der Waals surface area contributed by atoms with Crippen LogP contribution in [0.2, 0.25) is 0 Å². The second kappa shape index (κ2) is 7.45. The van der Waals surface area contributed by atoms with Crippen molar-refractivity contribution in [3.63, 3.8) is 0 Å². The lowest BCUT2D eigenvalue weighted by molar-refractivity contribution is 0.231. The van der Waals surface area contributed by atoms with Crippen molar-refractivity contribution in [2.24, 2.45) is 0 Å². The first-order chi connectivity index (χ1) is 11.9. The fraction of sp³-hybridized carbons (Fsp3) is 0.476. The van der Waals surface area contributed by atoms with E-state index in [1.54, 1.807) is 0 Å². The third kappa shape index (κ3) is 3.52. The highest BCUT2D eigenvalue weighted by molar-refractivity contribution is 5.41. The van der Waals surface area contributed by atoms with E-state index in [1.165, 1.54) is 67.6 Å². The quantitative estimate of drug-likeness (QED) is 0.936. The fourth-order valence-electron chi connectivity index (χ4n) is 4.12. The largest absolute Gasteiger partial charge is 0.312 e. The first-order valence-corrected chi connectivity index (χ1v) is 9.35. The average Bonchev–Trinajstić information content (AvgIpc) is 2.67. The summed E-state index contributed by atoms with van der Waals surface area (Å²) < 4.78 is 0. The predicted octanol–water partition coefficient (Wildman–Crippen LogP) is 3.35. The molecular weight excluding hydrogens is 294 g/mol. The molecule has 4 rings (SSSR count). The molecule has 0 radical (unpaired) electrons. The molecule has 1 N–H and O–H groups in total. The second-order valence-electron chi connectivity index (χ2n) is 7.16. The smallest absolute Gasteiger partial charge is 0.0306 e. The molecule has 1 unspecified atom stereocenters. The average molecular weight is 321 g/mol. The van der Waals surface area contributed by atoms with E-state index in [9.17, 15) is 0 Å². The third-order valence-electron chi connectivity index (χ3n) is 5.50. The van der Waals surface area contributed by atoms with Crippen LogP contribution in [0.3, 0.4) is 0 Å². The zero-order valence-corrected chi connectivity index (χ0v) is 14.4. The van der Waals surface area contributed by atoms with Gasteiger partial charge in [0.2, 0.25) is 0 Å². The van der Waals surface area contributed by atoms with Gasteiger partial charge in [-0.05, 0) is 60.7 Å².